The number of alkyl carbamates (subject to hydrolysis) is 1. The Morgan fingerprint density at radius 3 is 2.75 bits per heavy atom. The van der Waals surface area contributed by atoms with Crippen LogP contribution < -0.4 is 5.32 Å². The maximum absolute atomic E-state index is 13.5. The second kappa shape index (κ2) is 8.48. The zero-order valence-electron chi connectivity index (χ0n) is 16.8. The number of carbonyl (C=O) groups excluding carboxylic acids is 2. The summed E-state index contributed by atoms with van der Waals surface area (Å²) in [5, 5.41) is 7.09. The Hall–Kier alpha value is -2.13. The maximum atomic E-state index is 13.5. The van der Waals surface area contributed by atoms with E-state index in [2.05, 4.69) is 10.4 Å². The third kappa shape index (κ3) is 5.02. The highest BCUT2D eigenvalue weighted by Gasteiger charge is 2.46. The number of hydrogen-bond donors (Lipinski definition) is 1. The fourth-order valence-electron chi connectivity index (χ4n) is 3.55. The summed E-state index contributed by atoms with van der Waals surface area (Å²) in [4.78, 5) is 27.7. The van der Waals surface area contributed by atoms with Crippen LogP contribution in [-0.2, 0) is 19.0 Å². The molecule has 2 fully saturated rings. The van der Waals surface area contributed by atoms with Gasteiger partial charge in [-0.2, -0.15) is 5.10 Å². The van der Waals surface area contributed by atoms with Crippen molar-refractivity contribution in [2.45, 2.75) is 50.8 Å². The number of aromatic nitrogens is 2. The fraction of sp³-hybridized carbons (Fsp3) is 0.737. The first-order valence-electron chi connectivity index (χ1n) is 9.74. The van der Waals surface area contributed by atoms with Crippen LogP contribution >= 0.6 is 0 Å². The molecule has 1 aromatic heterocycles. The molecule has 3 heterocycles. The summed E-state index contributed by atoms with van der Waals surface area (Å²) < 4.78 is 18.5. The highest BCUT2D eigenvalue weighted by Crippen LogP contribution is 2.25. The van der Waals surface area contributed by atoms with Gasteiger partial charge in [0.25, 0.3) is 5.91 Å². The van der Waals surface area contributed by atoms with Gasteiger partial charge in [0.1, 0.15) is 11.1 Å². The van der Waals surface area contributed by atoms with E-state index < -0.39 is 17.2 Å². The van der Waals surface area contributed by atoms with E-state index in [1.165, 1.54) is 0 Å². The van der Waals surface area contributed by atoms with Gasteiger partial charge in [0.05, 0.1) is 25.9 Å². The predicted octanol–water partition coefficient (Wildman–Crippen LogP) is 1.36. The number of ether oxygens (including phenoxy) is 3. The first-order chi connectivity index (χ1) is 13.3. The Bertz CT molecular complexity index is 664. The van der Waals surface area contributed by atoms with Gasteiger partial charge < -0.3 is 24.4 Å². The van der Waals surface area contributed by atoms with Crippen molar-refractivity contribution in [3.05, 3.63) is 18.5 Å². The summed E-state index contributed by atoms with van der Waals surface area (Å²) >= 11 is 0. The predicted molar refractivity (Wildman–Crippen MR) is 101 cm³/mol. The van der Waals surface area contributed by atoms with E-state index in [0.29, 0.717) is 45.8 Å². The van der Waals surface area contributed by atoms with Gasteiger partial charge in [0.15, 0.2) is 0 Å². The highest BCUT2D eigenvalue weighted by molar-refractivity contribution is 5.90. The van der Waals surface area contributed by atoms with Gasteiger partial charge in [0.2, 0.25) is 0 Å². The Kier molecular flexibility index (Phi) is 6.24. The zero-order valence-corrected chi connectivity index (χ0v) is 16.8. The lowest BCUT2D eigenvalue weighted by molar-refractivity contribution is -0.144. The van der Waals surface area contributed by atoms with E-state index in [9.17, 15) is 9.59 Å². The van der Waals surface area contributed by atoms with Gasteiger partial charge in [-0.15, -0.1) is 0 Å². The molecule has 0 radical (unpaired) electrons. The first-order valence-corrected chi connectivity index (χ1v) is 9.74. The molecule has 9 heteroatoms. The molecule has 2 aliphatic heterocycles. The van der Waals surface area contributed by atoms with Gasteiger partial charge in [0, 0.05) is 32.1 Å². The molecule has 0 spiro atoms. The van der Waals surface area contributed by atoms with E-state index in [1.807, 2.05) is 12.3 Å². The van der Waals surface area contributed by atoms with Crippen molar-refractivity contribution in [1.82, 2.24) is 20.0 Å². The normalized spacial score (nSPS) is 26.4. The first kappa shape index (κ1) is 20.6. The average molecular weight is 394 g/mol. The number of rotatable bonds is 3. The van der Waals surface area contributed by atoms with E-state index in [4.69, 9.17) is 14.2 Å². The molecule has 1 N–H and O–H groups in total. The molecule has 2 unspecified atom stereocenters. The van der Waals surface area contributed by atoms with E-state index in [0.717, 1.165) is 0 Å². The highest BCUT2D eigenvalue weighted by atomic mass is 16.6. The van der Waals surface area contributed by atoms with Crippen molar-refractivity contribution in [2.75, 3.05) is 39.5 Å². The van der Waals surface area contributed by atoms with E-state index in [1.54, 1.807) is 36.5 Å². The minimum atomic E-state index is -1.13. The number of amides is 2. The number of hydrogen-bond acceptors (Lipinski definition) is 6. The zero-order chi connectivity index (χ0) is 20.2. The van der Waals surface area contributed by atoms with E-state index in [-0.39, 0.29) is 18.6 Å². The number of carbonyl (C=O) groups is 2. The summed E-state index contributed by atoms with van der Waals surface area (Å²) in [7, 11) is 0. The summed E-state index contributed by atoms with van der Waals surface area (Å²) in [6, 6.07) is 1.77. The lowest BCUT2D eigenvalue weighted by Crippen LogP contribution is -2.64. The molecule has 2 atom stereocenters. The van der Waals surface area contributed by atoms with Gasteiger partial charge >= 0.3 is 6.09 Å². The molecule has 0 aromatic carbocycles. The van der Waals surface area contributed by atoms with Crippen molar-refractivity contribution in [3.63, 3.8) is 0 Å². The largest absolute Gasteiger partial charge is 0.444 e. The van der Waals surface area contributed by atoms with E-state index >= 15 is 0 Å². The van der Waals surface area contributed by atoms with Crippen LogP contribution in [0.2, 0.25) is 0 Å². The molecule has 0 bridgehead atoms. The third-order valence-corrected chi connectivity index (χ3v) is 4.82. The standard InChI is InChI=1S/C19H30N4O5/c1-18(2,3)28-17(25)21-19(6-4-10-27-14-19)16(24)22-9-11-26-13-15(12-22)23-8-5-7-20-23/h5,7-8,15H,4,6,9-14H2,1-3H3,(H,21,25). The van der Waals surface area contributed by atoms with Crippen LogP contribution in [0.1, 0.15) is 39.7 Å². The molecule has 1 aromatic rings. The minimum absolute atomic E-state index is 0.0791. The molecular formula is C19H30N4O5. The second-order valence-electron chi connectivity index (χ2n) is 8.33. The quantitative estimate of drug-likeness (QED) is 0.832. The second-order valence-corrected chi connectivity index (χ2v) is 8.33. The Balaban J connectivity index is 1.77. The fourth-order valence-corrected chi connectivity index (χ4v) is 3.55. The molecule has 2 saturated heterocycles. The van der Waals surface area contributed by atoms with Gasteiger partial charge in [-0.25, -0.2) is 4.79 Å². The summed E-state index contributed by atoms with van der Waals surface area (Å²) in [5.74, 6) is -0.166. The van der Waals surface area contributed by atoms with Crippen LogP contribution in [-0.4, -0.2) is 77.3 Å². The molecular weight excluding hydrogens is 364 g/mol. The van der Waals surface area contributed by atoms with Crippen LogP contribution in [0.5, 0.6) is 0 Å². The Morgan fingerprint density at radius 1 is 1.29 bits per heavy atom. The lowest BCUT2D eigenvalue weighted by Gasteiger charge is -2.40. The maximum Gasteiger partial charge on any atom is 0.408 e. The van der Waals surface area contributed by atoms with Crippen molar-refractivity contribution in [2.24, 2.45) is 0 Å². The van der Waals surface area contributed by atoms with Crippen molar-refractivity contribution < 1.29 is 23.8 Å². The Morgan fingerprint density at radius 2 is 2.11 bits per heavy atom. The summed E-state index contributed by atoms with van der Waals surface area (Å²) in [6.45, 7) is 7.91. The smallest absolute Gasteiger partial charge is 0.408 e. The molecule has 0 aliphatic carbocycles. The average Bonchev–Trinajstić information content (AvgIpc) is 3.05. The Labute approximate surface area is 165 Å². The van der Waals surface area contributed by atoms with Crippen molar-refractivity contribution in [1.29, 1.82) is 0 Å². The molecule has 0 saturated carbocycles. The summed E-state index contributed by atoms with van der Waals surface area (Å²) in [6.07, 6.45) is 4.16. The molecule has 156 valence electrons. The monoisotopic (exact) mass is 394 g/mol. The van der Waals surface area contributed by atoms with Crippen molar-refractivity contribution in [3.8, 4) is 0 Å². The van der Waals surface area contributed by atoms with Crippen LogP contribution in [0, 0.1) is 0 Å². The molecule has 28 heavy (non-hydrogen) atoms. The number of nitrogens with one attached hydrogen (secondary N) is 1. The van der Waals surface area contributed by atoms with Crippen LogP contribution in [0.15, 0.2) is 18.5 Å². The molecule has 2 aliphatic rings. The molecule has 3 rings (SSSR count). The van der Waals surface area contributed by atoms with Crippen LogP contribution in [0.3, 0.4) is 0 Å². The van der Waals surface area contributed by atoms with Gasteiger partial charge in [-0.3, -0.25) is 9.48 Å². The minimum Gasteiger partial charge on any atom is -0.444 e. The molecule has 2 amide bonds. The lowest BCUT2D eigenvalue weighted by atomic mass is 9.90. The topological polar surface area (TPSA) is 94.9 Å². The SMILES string of the molecule is CC(C)(C)OC(=O)NC1(C(=O)N2CCOCC(n3cccn3)C2)CCCOC1. The number of nitrogens with zero attached hydrogens (tertiary/aromatic N) is 3. The van der Waals surface area contributed by atoms with Crippen LogP contribution in [0.4, 0.5) is 4.79 Å². The van der Waals surface area contributed by atoms with Crippen molar-refractivity contribution >= 4 is 12.0 Å². The van der Waals surface area contributed by atoms with Gasteiger partial charge in [-0.05, 0) is 39.7 Å². The third-order valence-electron chi connectivity index (χ3n) is 4.82. The van der Waals surface area contributed by atoms with Gasteiger partial charge in [-0.1, -0.05) is 0 Å². The van der Waals surface area contributed by atoms with Crippen LogP contribution in [0.25, 0.3) is 0 Å². The summed E-state index contributed by atoms with van der Waals surface area (Å²) in [5.41, 5.74) is -1.77. The molecule has 9 nitrogen and oxygen atoms in total.